The first-order valence-electron chi connectivity index (χ1n) is 6.48. The molecule has 0 amide bonds. The van der Waals surface area contributed by atoms with Gasteiger partial charge in [0.2, 0.25) is 0 Å². The van der Waals surface area contributed by atoms with Crippen molar-refractivity contribution in [1.29, 1.82) is 0 Å². The van der Waals surface area contributed by atoms with E-state index in [0.29, 0.717) is 5.54 Å². The standard InChI is InChI=1S/C13H23N3S/c1-4-13(6-5-7-14-13)10-16(3)8-12-9-17-11(2)15-12/h9,14H,4-8,10H2,1-3H3. The number of aromatic nitrogens is 1. The maximum atomic E-state index is 4.53. The molecule has 0 saturated carbocycles. The molecule has 0 aliphatic carbocycles. The van der Waals surface area contributed by atoms with Gasteiger partial charge in [-0.15, -0.1) is 11.3 Å². The summed E-state index contributed by atoms with van der Waals surface area (Å²) < 4.78 is 0. The van der Waals surface area contributed by atoms with Gasteiger partial charge in [-0.3, -0.25) is 4.90 Å². The van der Waals surface area contributed by atoms with Crippen molar-refractivity contribution >= 4 is 11.3 Å². The van der Waals surface area contributed by atoms with Crippen LogP contribution in [0.25, 0.3) is 0 Å². The fraction of sp³-hybridized carbons (Fsp3) is 0.769. The second kappa shape index (κ2) is 5.46. The summed E-state index contributed by atoms with van der Waals surface area (Å²) in [6.45, 7) is 7.63. The molecule has 1 aromatic heterocycles. The number of rotatable bonds is 5. The Morgan fingerprint density at radius 2 is 2.41 bits per heavy atom. The molecular formula is C13H23N3S. The maximum Gasteiger partial charge on any atom is 0.0897 e. The van der Waals surface area contributed by atoms with Crippen molar-refractivity contribution in [3.63, 3.8) is 0 Å². The van der Waals surface area contributed by atoms with Gasteiger partial charge in [-0.1, -0.05) is 6.92 Å². The van der Waals surface area contributed by atoms with Crippen LogP contribution < -0.4 is 5.32 Å². The topological polar surface area (TPSA) is 28.2 Å². The van der Waals surface area contributed by atoms with Gasteiger partial charge in [0.15, 0.2) is 0 Å². The van der Waals surface area contributed by atoms with E-state index in [9.17, 15) is 0 Å². The summed E-state index contributed by atoms with van der Waals surface area (Å²) >= 11 is 1.74. The largest absolute Gasteiger partial charge is 0.310 e. The molecule has 1 unspecified atom stereocenters. The molecule has 3 nitrogen and oxygen atoms in total. The zero-order valence-corrected chi connectivity index (χ0v) is 11.9. The van der Waals surface area contributed by atoms with Crippen LogP contribution >= 0.6 is 11.3 Å². The maximum absolute atomic E-state index is 4.53. The third-order valence-corrected chi connectivity index (χ3v) is 4.50. The van der Waals surface area contributed by atoms with Crippen molar-refractivity contribution in [1.82, 2.24) is 15.2 Å². The lowest BCUT2D eigenvalue weighted by Crippen LogP contribution is -2.48. The Hall–Kier alpha value is -0.450. The molecule has 1 saturated heterocycles. The van der Waals surface area contributed by atoms with Gasteiger partial charge in [0.1, 0.15) is 0 Å². The first-order chi connectivity index (χ1) is 8.13. The molecule has 1 atom stereocenters. The van der Waals surface area contributed by atoms with E-state index in [1.54, 1.807) is 11.3 Å². The summed E-state index contributed by atoms with van der Waals surface area (Å²) in [7, 11) is 2.20. The van der Waals surface area contributed by atoms with E-state index in [2.05, 4.69) is 41.5 Å². The van der Waals surface area contributed by atoms with Crippen molar-refractivity contribution in [2.24, 2.45) is 0 Å². The van der Waals surface area contributed by atoms with E-state index in [0.717, 1.165) is 18.1 Å². The number of hydrogen-bond donors (Lipinski definition) is 1. The molecule has 0 bridgehead atoms. The monoisotopic (exact) mass is 253 g/mol. The van der Waals surface area contributed by atoms with Gasteiger partial charge in [0.25, 0.3) is 0 Å². The SMILES string of the molecule is CCC1(CN(C)Cc2csc(C)n2)CCCN1. The van der Waals surface area contributed by atoms with Gasteiger partial charge in [0, 0.05) is 24.0 Å². The highest BCUT2D eigenvalue weighted by molar-refractivity contribution is 7.09. The normalized spacial score (nSPS) is 24.7. The Morgan fingerprint density at radius 3 is 2.94 bits per heavy atom. The average Bonchev–Trinajstić information content (AvgIpc) is 2.89. The van der Waals surface area contributed by atoms with Crippen molar-refractivity contribution in [2.45, 2.75) is 45.2 Å². The quantitative estimate of drug-likeness (QED) is 0.873. The highest BCUT2D eigenvalue weighted by Gasteiger charge is 2.32. The highest BCUT2D eigenvalue weighted by atomic mass is 32.1. The minimum atomic E-state index is 0.347. The van der Waals surface area contributed by atoms with Crippen LogP contribution in [0.3, 0.4) is 0 Å². The van der Waals surface area contributed by atoms with Crippen LogP contribution in [-0.2, 0) is 6.54 Å². The second-order valence-corrected chi connectivity index (χ2v) is 6.26. The zero-order chi connectivity index (χ0) is 12.3. The van der Waals surface area contributed by atoms with Gasteiger partial charge in [-0.25, -0.2) is 4.98 Å². The fourth-order valence-corrected chi connectivity index (χ4v) is 3.35. The van der Waals surface area contributed by atoms with Gasteiger partial charge < -0.3 is 5.32 Å². The van der Waals surface area contributed by atoms with E-state index < -0.39 is 0 Å². The lowest BCUT2D eigenvalue weighted by atomic mass is 9.93. The molecule has 1 N–H and O–H groups in total. The van der Waals surface area contributed by atoms with Gasteiger partial charge in [-0.2, -0.15) is 0 Å². The number of nitrogens with zero attached hydrogens (tertiary/aromatic N) is 2. The van der Waals surface area contributed by atoms with Crippen molar-refractivity contribution < 1.29 is 0 Å². The molecule has 0 aromatic carbocycles. The number of aryl methyl sites for hydroxylation is 1. The van der Waals surface area contributed by atoms with Crippen molar-refractivity contribution in [3.05, 3.63) is 16.1 Å². The predicted octanol–water partition coefficient (Wildman–Crippen LogP) is 2.42. The predicted molar refractivity (Wildman–Crippen MR) is 73.4 cm³/mol. The van der Waals surface area contributed by atoms with Crippen LogP contribution in [0.2, 0.25) is 0 Å². The fourth-order valence-electron chi connectivity index (χ4n) is 2.75. The second-order valence-electron chi connectivity index (χ2n) is 5.19. The molecular weight excluding hydrogens is 230 g/mol. The van der Waals surface area contributed by atoms with Crippen molar-refractivity contribution in [3.8, 4) is 0 Å². The molecule has 2 heterocycles. The van der Waals surface area contributed by atoms with Gasteiger partial charge in [-0.05, 0) is 39.8 Å². The molecule has 1 aromatic rings. The Kier molecular flexibility index (Phi) is 4.17. The Morgan fingerprint density at radius 1 is 1.59 bits per heavy atom. The van der Waals surface area contributed by atoms with Crippen LogP contribution in [0.15, 0.2) is 5.38 Å². The Labute approximate surface area is 108 Å². The first kappa shape index (κ1) is 13.0. The third kappa shape index (κ3) is 3.27. The minimum Gasteiger partial charge on any atom is -0.310 e. The molecule has 96 valence electrons. The lowest BCUT2D eigenvalue weighted by molar-refractivity contribution is 0.212. The third-order valence-electron chi connectivity index (χ3n) is 3.68. The number of likely N-dealkylation sites (N-methyl/N-ethyl adjacent to an activating group) is 1. The van der Waals surface area contributed by atoms with E-state index in [1.165, 1.54) is 31.5 Å². The number of hydrogen-bond acceptors (Lipinski definition) is 4. The molecule has 17 heavy (non-hydrogen) atoms. The van der Waals surface area contributed by atoms with E-state index in [1.807, 2.05) is 0 Å². The lowest BCUT2D eigenvalue weighted by Gasteiger charge is -2.32. The highest BCUT2D eigenvalue weighted by Crippen LogP contribution is 2.24. The molecule has 1 aliphatic rings. The minimum absolute atomic E-state index is 0.347. The molecule has 0 spiro atoms. The average molecular weight is 253 g/mol. The summed E-state index contributed by atoms with van der Waals surface area (Å²) in [5, 5.41) is 7.02. The summed E-state index contributed by atoms with van der Waals surface area (Å²) in [4.78, 5) is 6.93. The smallest absolute Gasteiger partial charge is 0.0897 e. The molecule has 1 fully saturated rings. The van der Waals surface area contributed by atoms with Crippen LogP contribution in [0.5, 0.6) is 0 Å². The van der Waals surface area contributed by atoms with Crippen LogP contribution in [0.1, 0.15) is 36.9 Å². The summed E-state index contributed by atoms with van der Waals surface area (Å²) in [5.41, 5.74) is 1.55. The Bertz CT molecular complexity index is 355. The number of nitrogens with one attached hydrogen (secondary N) is 1. The van der Waals surface area contributed by atoms with Crippen LogP contribution in [0.4, 0.5) is 0 Å². The van der Waals surface area contributed by atoms with E-state index in [4.69, 9.17) is 0 Å². The molecule has 2 rings (SSSR count). The molecule has 1 aliphatic heterocycles. The van der Waals surface area contributed by atoms with E-state index >= 15 is 0 Å². The van der Waals surface area contributed by atoms with E-state index in [-0.39, 0.29) is 0 Å². The summed E-state index contributed by atoms with van der Waals surface area (Å²) in [6.07, 6.45) is 3.84. The van der Waals surface area contributed by atoms with Gasteiger partial charge in [0.05, 0.1) is 10.7 Å². The molecule has 4 heteroatoms. The summed E-state index contributed by atoms with van der Waals surface area (Å²) in [5.74, 6) is 0. The summed E-state index contributed by atoms with van der Waals surface area (Å²) in [6, 6.07) is 0. The van der Waals surface area contributed by atoms with Gasteiger partial charge >= 0.3 is 0 Å². The zero-order valence-electron chi connectivity index (χ0n) is 11.1. The Balaban J connectivity index is 1.90. The van der Waals surface area contributed by atoms with Crippen LogP contribution in [-0.4, -0.2) is 35.6 Å². The first-order valence-corrected chi connectivity index (χ1v) is 7.36. The van der Waals surface area contributed by atoms with Crippen LogP contribution in [0, 0.1) is 6.92 Å². The van der Waals surface area contributed by atoms with Crippen molar-refractivity contribution in [2.75, 3.05) is 20.1 Å². The molecule has 0 radical (unpaired) electrons. The number of thiazole rings is 1.